The molecule has 1 heterocycles. The lowest BCUT2D eigenvalue weighted by molar-refractivity contribution is -0.170. The average molecular weight is 318 g/mol. The van der Waals surface area contributed by atoms with E-state index in [2.05, 4.69) is 14.9 Å². The molecule has 1 aliphatic rings. The van der Waals surface area contributed by atoms with Crippen LogP contribution in [0.15, 0.2) is 0 Å². The van der Waals surface area contributed by atoms with E-state index in [1.807, 2.05) is 0 Å². The van der Waals surface area contributed by atoms with Gasteiger partial charge in [0.2, 0.25) is 0 Å². The lowest BCUT2D eigenvalue weighted by Crippen LogP contribution is -2.56. The summed E-state index contributed by atoms with van der Waals surface area (Å²) in [5, 5.41) is 1.02. The summed E-state index contributed by atoms with van der Waals surface area (Å²) in [7, 11) is 2.36. The van der Waals surface area contributed by atoms with Crippen LogP contribution in [0.5, 0.6) is 0 Å². The molecule has 0 unspecified atom stereocenters. The van der Waals surface area contributed by atoms with Gasteiger partial charge in [0.1, 0.15) is 0 Å². The highest BCUT2D eigenvalue weighted by Crippen LogP contribution is 2.30. The number of ether oxygens (including phenoxy) is 4. The number of nitrogens with zero attached hydrogens (tertiary/aromatic N) is 1. The Morgan fingerprint density at radius 1 is 1.09 bits per heavy atom. The van der Waals surface area contributed by atoms with Gasteiger partial charge in [0.05, 0.1) is 14.2 Å². The predicted octanol–water partition coefficient (Wildman–Crippen LogP) is 0.187. The van der Waals surface area contributed by atoms with E-state index in [9.17, 15) is 14.4 Å². The molecule has 9 nitrogen and oxygen atoms in total. The van der Waals surface area contributed by atoms with Gasteiger partial charge in [-0.25, -0.2) is 20.0 Å². The molecule has 1 N–H and O–H groups in total. The number of carbonyl (C=O) groups is 3. The third-order valence-corrected chi connectivity index (χ3v) is 2.92. The number of esters is 1. The molecule has 1 aliphatic heterocycles. The summed E-state index contributed by atoms with van der Waals surface area (Å²) < 4.78 is 20.0. The smallest absolute Gasteiger partial charge is 0.425 e. The van der Waals surface area contributed by atoms with Gasteiger partial charge in [0.15, 0.2) is 18.0 Å². The number of nitrogens with one attached hydrogen (secondary N) is 1. The summed E-state index contributed by atoms with van der Waals surface area (Å²) >= 11 is 0. The van der Waals surface area contributed by atoms with Crippen LogP contribution >= 0.6 is 0 Å². The Balaban J connectivity index is 2.99. The molecule has 0 aromatic heterocycles. The molecule has 0 aliphatic carbocycles. The quantitative estimate of drug-likeness (QED) is 0.585. The zero-order chi connectivity index (χ0) is 17.1. The maximum atomic E-state index is 12.6. The summed E-state index contributed by atoms with van der Waals surface area (Å²) in [6.07, 6.45) is -3.26. The molecule has 0 spiro atoms. The standard InChI is InChI=1S/C13H22N2O7/c1-7(2)15(14-12(18)20-6)10(16)8-9(11(17)19-5)22-13(3,4)21-8/h7-9H,1-6H3,(H,14,18)/t8-,9-/m1/s1. The first kappa shape index (κ1) is 18.2. The molecule has 0 aromatic rings. The summed E-state index contributed by atoms with van der Waals surface area (Å²) in [5.74, 6) is -2.50. The van der Waals surface area contributed by atoms with Gasteiger partial charge in [-0.05, 0) is 27.7 Å². The average Bonchev–Trinajstić information content (AvgIpc) is 2.78. The van der Waals surface area contributed by atoms with E-state index in [4.69, 9.17) is 9.47 Å². The highest BCUT2D eigenvalue weighted by Gasteiger charge is 2.51. The van der Waals surface area contributed by atoms with Crippen molar-refractivity contribution in [3.63, 3.8) is 0 Å². The molecule has 9 heteroatoms. The molecule has 0 radical (unpaired) electrons. The van der Waals surface area contributed by atoms with Crippen molar-refractivity contribution in [2.75, 3.05) is 14.2 Å². The SMILES string of the molecule is COC(=O)NN(C(=O)[C@@H]1OC(C)(C)O[C@H]1C(=O)OC)C(C)C. The molecule has 2 amide bonds. The van der Waals surface area contributed by atoms with Crippen LogP contribution in [-0.2, 0) is 28.5 Å². The fourth-order valence-corrected chi connectivity index (χ4v) is 1.95. The Morgan fingerprint density at radius 3 is 2.09 bits per heavy atom. The minimum atomic E-state index is -1.23. The van der Waals surface area contributed by atoms with Crippen molar-refractivity contribution in [3.8, 4) is 0 Å². The van der Waals surface area contributed by atoms with Crippen LogP contribution in [0.3, 0.4) is 0 Å². The number of methoxy groups -OCH3 is 2. The lowest BCUT2D eigenvalue weighted by atomic mass is 10.2. The van der Waals surface area contributed by atoms with Crippen molar-refractivity contribution in [3.05, 3.63) is 0 Å². The highest BCUT2D eigenvalue weighted by molar-refractivity contribution is 5.90. The van der Waals surface area contributed by atoms with Gasteiger partial charge in [-0.1, -0.05) is 0 Å². The van der Waals surface area contributed by atoms with Gasteiger partial charge < -0.3 is 18.9 Å². The Kier molecular flexibility index (Phi) is 5.72. The normalized spacial score (nSPS) is 23.0. The Bertz CT molecular complexity index is 450. The largest absolute Gasteiger partial charge is 0.467 e. The molecular weight excluding hydrogens is 296 g/mol. The van der Waals surface area contributed by atoms with Crippen LogP contribution < -0.4 is 5.43 Å². The second-order valence-electron chi connectivity index (χ2n) is 5.41. The van der Waals surface area contributed by atoms with E-state index in [-0.39, 0.29) is 0 Å². The molecule has 1 fully saturated rings. The number of hydrogen-bond acceptors (Lipinski definition) is 7. The van der Waals surface area contributed by atoms with Gasteiger partial charge in [0, 0.05) is 6.04 Å². The van der Waals surface area contributed by atoms with E-state index in [1.54, 1.807) is 27.7 Å². The van der Waals surface area contributed by atoms with Gasteiger partial charge in [0.25, 0.3) is 5.91 Å². The van der Waals surface area contributed by atoms with Gasteiger partial charge in [-0.3, -0.25) is 4.79 Å². The number of hydrazine groups is 1. The van der Waals surface area contributed by atoms with Crippen LogP contribution in [0.4, 0.5) is 4.79 Å². The van der Waals surface area contributed by atoms with Crippen molar-refractivity contribution >= 4 is 18.0 Å². The highest BCUT2D eigenvalue weighted by atomic mass is 16.8. The van der Waals surface area contributed by atoms with Crippen LogP contribution in [0.25, 0.3) is 0 Å². The monoisotopic (exact) mass is 318 g/mol. The lowest BCUT2D eigenvalue weighted by Gasteiger charge is -2.29. The minimum Gasteiger partial charge on any atom is -0.467 e. The molecule has 0 aromatic carbocycles. The summed E-state index contributed by atoms with van der Waals surface area (Å²) in [5.41, 5.74) is 2.28. The fraction of sp³-hybridized carbons (Fsp3) is 0.769. The predicted molar refractivity (Wildman–Crippen MR) is 73.4 cm³/mol. The third-order valence-electron chi connectivity index (χ3n) is 2.92. The van der Waals surface area contributed by atoms with Gasteiger partial charge in [-0.15, -0.1) is 0 Å². The van der Waals surface area contributed by atoms with Crippen LogP contribution in [0, 0.1) is 0 Å². The van der Waals surface area contributed by atoms with E-state index in [0.717, 1.165) is 5.01 Å². The first-order chi connectivity index (χ1) is 10.1. The van der Waals surface area contributed by atoms with Crippen molar-refractivity contribution in [1.29, 1.82) is 0 Å². The van der Waals surface area contributed by atoms with Crippen LogP contribution in [0.1, 0.15) is 27.7 Å². The van der Waals surface area contributed by atoms with E-state index >= 15 is 0 Å². The Morgan fingerprint density at radius 2 is 1.64 bits per heavy atom. The maximum absolute atomic E-state index is 12.6. The third kappa shape index (κ3) is 4.08. The maximum Gasteiger partial charge on any atom is 0.425 e. The zero-order valence-corrected chi connectivity index (χ0v) is 13.5. The topological polar surface area (TPSA) is 103 Å². The van der Waals surface area contributed by atoms with Crippen molar-refractivity contribution < 1.29 is 33.3 Å². The van der Waals surface area contributed by atoms with E-state index in [1.165, 1.54) is 14.2 Å². The molecule has 2 atom stereocenters. The molecule has 0 saturated carbocycles. The van der Waals surface area contributed by atoms with Gasteiger partial charge >= 0.3 is 12.1 Å². The molecule has 22 heavy (non-hydrogen) atoms. The Hall–Kier alpha value is -1.87. The van der Waals surface area contributed by atoms with E-state index in [0.29, 0.717) is 0 Å². The fourth-order valence-electron chi connectivity index (χ4n) is 1.95. The van der Waals surface area contributed by atoms with Crippen molar-refractivity contribution in [1.82, 2.24) is 10.4 Å². The van der Waals surface area contributed by atoms with Gasteiger partial charge in [-0.2, -0.15) is 0 Å². The zero-order valence-electron chi connectivity index (χ0n) is 13.5. The van der Waals surface area contributed by atoms with Crippen molar-refractivity contribution in [2.45, 2.75) is 51.7 Å². The Labute approximate surface area is 128 Å². The van der Waals surface area contributed by atoms with E-state index < -0.39 is 42.0 Å². The first-order valence-electron chi connectivity index (χ1n) is 6.74. The molecule has 1 saturated heterocycles. The number of hydrogen-bond donors (Lipinski definition) is 1. The second kappa shape index (κ2) is 6.93. The van der Waals surface area contributed by atoms with Crippen LogP contribution in [-0.4, -0.2) is 61.2 Å². The number of amides is 2. The molecular formula is C13H22N2O7. The molecule has 0 bridgehead atoms. The summed E-state index contributed by atoms with van der Waals surface area (Å²) in [6.45, 7) is 6.51. The van der Waals surface area contributed by atoms with Crippen LogP contribution in [0.2, 0.25) is 0 Å². The number of rotatable bonds is 3. The molecule has 126 valence electrons. The molecule has 1 rings (SSSR count). The summed E-state index contributed by atoms with van der Waals surface area (Å²) in [6, 6.07) is -0.391. The first-order valence-corrected chi connectivity index (χ1v) is 6.74. The van der Waals surface area contributed by atoms with Crippen molar-refractivity contribution in [2.24, 2.45) is 0 Å². The number of carbonyl (C=O) groups excluding carboxylic acids is 3. The summed E-state index contributed by atoms with van der Waals surface area (Å²) in [4.78, 5) is 35.7. The minimum absolute atomic E-state index is 0.391. The second-order valence-corrected chi connectivity index (χ2v) is 5.41.